The Balaban J connectivity index is 1.29. The van der Waals surface area contributed by atoms with E-state index in [-0.39, 0.29) is 5.82 Å². The molecule has 4 aromatic rings. The molecule has 5 rings (SSSR count). The molecular formula is C27H30FN5O. The molecule has 0 radical (unpaired) electrons. The van der Waals surface area contributed by atoms with Gasteiger partial charge in [0.25, 0.3) is 0 Å². The number of hydrogen-bond donors (Lipinski definition) is 1. The third-order valence-corrected chi connectivity index (χ3v) is 6.79. The lowest BCUT2D eigenvalue weighted by Crippen LogP contribution is -2.40. The summed E-state index contributed by atoms with van der Waals surface area (Å²) in [7, 11) is 1.71. The lowest BCUT2D eigenvalue weighted by Gasteiger charge is -2.36. The van der Waals surface area contributed by atoms with E-state index >= 15 is 0 Å². The molecule has 176 valence electrons. The molecule has 34 heavy (non-hydrogen) atoms. The number of rotatable bonds is 7. The second kappa shape index (κ2) is 9.81. The van der Waals surface area contributed by atoms with Crippen molar-refractivity contribution < 1.29 is 9.13 Å². The highest BCUT2D eigenvalue weighted by atomic mass is 19.1. The molecule has 1 N–H and O–H groups in total. The fraction of sp³-hybridized carbons (Fsp3) is 0.333. The Kier molecular flexibility index (Phi) is 6.45. The molecule has 1 fully saturated rings. The van der Waals surface area contributed by atoms with Crippen LogP contribution in [0.5, 0.6) is 5.75 Å². The van der Waals surface area contributed by atoms with E-state index in [1.807, 2.05) is 30.5 Å². The van der Waals surface area contributed by atoms with E-state index in [9.17, 15) is 4.39 Å². The van der Waals surface area contributed by atoms with Crippen molar-refractivity contribution in [1.29, 1.82) is 0 Å². The maximum atomic E-state index is 13.4. The summed E-state index contributed by atoms with van der Waals surface area (Å²) >= 11 is 0. The second-order valence-corrected chi connectivity index (χ2v) is 8.92. The van der Waals surface area contributed by atoms with Gasteiger partial charge < -0.3 is 14.6 Å². The molecule has 1 unspecified atom stereocenters. The zero-order valence-corrected chi connectivity index (χ0v) is 19.6. The monoisotopic (exact) mass is 459 g/mol. The van der Waals surface area contributed by atoms with Crippen LogP contribution in [-0.4, -0.2) is 45.7 Å². The summed E-state index contributed by atoms with van der Waals surface area (Å²) in [6.45, 7) is 4.89. The van der Waals surface area contributed by atoms with Gasteiger partial charge in [0.1, 0.15) is 11.6 Å². The van der Waals surface area contributed by atoms with Crippen molar-refractivity contribution in [2.45, 2.75) is 38.4 Å². The minimum Gasteiger partial charge on any atom is -0.497 e. The van der Waals surface area contributed by atoms with E-state index in [1.54, 1.807) is 13.3 Å². The van der Waals surface area contributed by atoms with Crippen LogP contribution in [0.3, 0.4) is 0 Å². The highest BCUT2D eigenvalue weighted by Crippen LogP contribution is 2.28. The van der Waals surface area contributed by atoms with E-state index in [0.717, 1.165) is 54.2 Å². The molecule has 1 saturated heterocycles. The van der Waals surface area contributed by atoms with Gasteiger partial charge in [-0.15, -0.1) is 0 Å². The number of anilines is 1. The number of fused-ring (bicyclic) bond motifs is 1. The molecule has 0 saturated carbocycles. The zero-order valence-electron chi connectivity index (χ0n) is 19.6. The Labute approximate surface area is 199 Å². The van der Waals surface area contributed by atoms with Gasteiger partial charge in [-0.2, -0.15) is 0 Å². The van der Waals surface area contributed by atoms with Crippen LogP contribution in [0.1, 0.15) is 36.9 Å². The molecule has 0 spiro atoms. The number of methoxy groups -OCH3 is 1. The summed E-state index contributed by atoms with van der Waals surface area (Å²) < 4.78 is 20.9. The minimum absolute atomic E-state index is 0.228. The van der Waals surface area contributed by atoms with E-state index in [4.69, 9.17) is 9.72 Å². The van der Waals surface area contributed by atoms with Gasteiger partial charge in [0.2, 0.25) is 5.95 Å². The van der Waals surface area contributed by atoms with Crippen LogP contribution >= 0.6 is 0 Å². The number of likely N-dealkylation sites (tertiary alicyclic amines) is 1. The smallest absolute Gasteiger partial charge is 0.204 e. The molecule has 6 nitrogen and oxygen atoms in total. The lowest BCUT2D eigenvalue weighted by molar-refractivity contribution is 0.167. The second-order valence-electron chi connectivity index (χ2n) is 8.92. The number of pyridine rings is 1. The molecule has 1 atom stereocenters. The Bertz CT molecular complexity index is 1250. The number of imidazole rings is 1. The predicted octanol–water partition coefficient (Wildman–Crippen LogP) is 5.26. The molecule has 2 aromatic carbocycles. The summed E-state index contributed by atoms with van der Waals surface area (Å²) in [4.78, 5) is 11.7. The number of piperidine rings is 1. The van der Waals surface area contributed by atoms with Crippen molar-refractivity contribution >= 4 is 17.0 Å². The van der Waals surface area contributed by atoms with Crippen LogP contribution in [0.15, 0.2) is 67.0 Å². The maximum Gasteiger partial charge on any atom is 0.204 e. The quantitative estimate of drug-likeness (QED) is 0.408. The van der Waals surface area contributed by atoms with Gasteiger partial charge in [-0.1, -0.05) is 24.3 Å². The van der Waals surface area contributed by atoms with Gasteiger partial charge >= 0.3 is 0 Å². The first-order valence-electron chi connectivity index (χ1n) is 11.8. The number of nitrogens with one attached hydrogen (secondary N) is 1. The number of halogens is 1. The predicted molar refractivity (Wildman–Crippen MR) is 133 cm³/mol. The molecule has 0 bridgehead atoms. The third kappa shape index (κ3) is 4.75. The van der Waals surface area contributed by atoms with Crippen LogP contribution in [-0.2, 0) is 6.54 Å². The van der Waals surface area contributed by atoms with E-state index in [2.05, 4.69) is 44.9 Å². The summed E-state index contributed by atoms with van der Waals surface area (Å²) in [5, 5.41) is 3.69. The van der Waals surface area contributed by atoms with Crippen molar-refractivity contribution in [3.63, 3.8) is 0 Å². The van der Waals surface area contributed by atoms with Gasteiger partial charge in [0.05, 0.1) is 30.9 Å². The molecule has 3 heterocycles. The molecule has 7 heteroatoms. The summed E-state index contributed by atoms with van der Waals surface area (Å²) in [6, 6.07) is 17.6. The number of hydrogen-bond acceptors (Lipinski definition) is 5. The van der Waals surface area contributed by atoms with Crippen LogP contribution in [0, 0.1) is 5.82 Å². The summed E-state index contributed by atoms with van der Waals surface area (Å²) in [5.41, 5.74) is 4.18. The highest BCUT2D eigenvalue weighted by Gasteiger charge is 2.25. The van der Waals surface area contributed by atoms with Gasteiger partial charge in [0, 0.05) is 31.4 Å². The molecule has 1 aliphatic rings. The average molecular weight is 460 g/mol. The first-order valence-corrected chi connectivity index (χ1v) is 11.8. The molecule has 2 aromatic heterocycles. The van der Waals surface area contributed by atoms with Crippen molar-refractivity contribution in [1.82, 2.24) is 19.4 Å². The Hall–Kier alpha value is -3.45. The van der Waals surface area contributed by atoms with Crippen molar-refractivity contribution in [3.8, 4) is 5.75 Å². The van der Waals surface area contributed by atoms with Gasteiger partial charge in [-0.05, 0) is 61.2 Å². The van der Waals surface area contributed by atoms with Crippen LogP contribution in [0.2, 0.25) is 0 Å². The van der Waals surface area contributed by atoms with E-state index < -0.39 is 0 Å². The normalized spacial score (nSPS) is 16.0. The fourth-order valence-electron chi connectivity index (χ4n) is 4.74. The molecule has 1 aliphatic heterocycles. The largest absolute Gasteiger partial charge is 0.497 e. The topological polar surface area (TPSA) is 55.2 Å². The Morgan fingerprint density at radius 3 is 2.68 bits per heavy atom. The third-order valence-electron chi connectivity index (χ3n) is 6.79. The summed E-state index contributed by atoms with van der Waals surface area (Å²) in [6.07, 6.45) is 5.67. The fourth-order valence-corrected chi connectivity index (χ4v) is 4.74. The number of aromatic nitrogens is 3. The van der Waals surface area contributed by atoms with Gasteiger partial charge in [0.15, 0.2) is 0 Å². The van der Waals surface area contributed by atoms with Crippen LogP contribution < -0.4 is 10.1 Å². The Morgan fingerprint density at radius 1 is 1.12 bits per heavy atom. The highest BCUT2D eigenvalue weighted by molar-refractivity contribution is 5.77. The van der Waals surface area contributed by atoms with Crippen LogP contribution in [0.25, 0.3) is 11.0 Å². The first-order chi connectivity index (χ1) is 16.6. The van der Waals surface area contributed by atoms with Crippen molar-refractivity contribution in [3.05, 3.63) is 83.9 Å². The molecule has 0 aliphatic carbocycles. The maximum absolute atomic E-state index is 13.4. The molecule has 0 amide bonds. The SMILES string of the molecule is COc1cccc(C(C)N2CCC(Nc3nc4ccncc4n3Cc3ccc(F)cc3)CC2)c1. The Morgan fingerprint density at radius 2 is 1.91 bits per heavy atom. The number of ether oxygens (including phenoxy) is 1. The van der Waals surface area contributed by atoms with Crippen molar-refractivity contribution in [2.75, 3.05) is 25.5 Å². The zero-order chi connectivity index (χ0) is 23.5. The number of nitrogens with zero attached hydrogens (tertiary/aromatic N) is 4. The first kappa shape index (κ1) is 22.3. The average Bonchev–Trinajstić information content (AvgIpc) is 3.22. The lowest BCUT2D eigenvalue weighted by atomic mass is 10.00. The van der Waals surface area contributed by atoms with E-state index in [1.165, 1.54) is 17.7 Å². The summed E-state index contributed by atoms with van der Waals surface area (Å²) in [5.74, 6) is 1.51. The van der Waals surface area contributed by atoms with Gasteiger partial charge in [-0.3, -0.25) is 9.88 Å². The van der Waals surface area contributed by atoms with Crippen LogP contribution in [0.4, 0.5) is 10.3 Å². The molecular weight excluding hydrogens is 429 g/mol. The minimum atomic E-state index is -0.228. The van der Waals surface area contributed by atoms with Gasteiger partial charge in [-0.25, -0.2) is 9.37 Å². The number of benzene rings is 2. The standard InChI is InChI=1S/C27H30FN5O/c1-19(21-4-3-5-24(16-21)34-2)32-14-11-23(12-15-32)30-27-31-25-10-13-29-17-26(25)33(27)18-20-6-8-22(28)9-7-20/h3-10,13,16-17,19,23H,11-12,14-15,18H2,1-2H3,(H,30,31). The van der Waals surface area contributed by atoms with E-state index in [0.29, 0.717) is 18.6 Å². The van der Waals surface area contributed by atoms with Crippen molar-refractivity contribution in [2.24, 2.45) is 0 Å².